The average molecular weight is 441 g/mol. The second-order valence-corrected chi connectivity index (χ2v) is 9.24. The van der Waals surface area contributed by atoms with Crippen LogP contribution in [0.1, 0.15) is 32.1 Å². The van der Waals surface area contributed by atoms with E-state index in [9.17, 15) is 19.2 Å². The van der Waals surface area contributed by atoms with E-state index in [1.807, 2.05) is 9.80 Å². The second kappa shape index (κ2) is 8.11. The summed E-state index contributed by atoms with van der Waals surface area (Å²) in [6.45, 7) is 1.93. The molecule has 4 aliphatic rings. The number of urea groups is 1. The number of benzene rings is 1. The molecule has 0 spiro atoms. The number of nitrogens with zero attached hydrogens (tertiary/aromatic N) is 3. The lowest BCUT2D eigenvalue weighted by molar-refractivity contribution is -0.149. The van der Waals surface area contributed by atoms with Gasteiger partial charge in [0.1, 0.15) is 11.8 Å². The summed E-state index contributed by atoms with van der Waals surface area (Å²) in [6, 6.07) is 5.48. The van der Waals surface area contributed by atoms with Crippen LogP contribution in [0.2, 0.25) is 0 Å². The number of carbonyl (C=O) groups excluding carboxylic acids is 4. The zero-order chi connectivity index (χ0) is 22.4. The van der Waals surface area contributed by atoms with Gasteiger partial charge in [0.05, 0.1) is 19.2 Å². The fraction of sp³-hybridized carbons (Fsp3) is 0.565. The van der Waals surface area contributed by atoms with Crippen molar-refractivity contribution in [1.82, 2.24) is 15.1 Å². The summed E-state index contributed by atoms with van der Waals surface area (Å²) >= 11 is 0. The summed E-state index contributed by atoms with van der Waals surface area (Å²) in [5.74, 6) is 0.899. The fourth-order valence-corrected chi connectivity index (χ4v) is 5.76. The zero-order valence-electron chi connectivity index (χ0n) is 18.2. The van der Waals surface area contributed by atoms with E-state index in [1.54, 1.807) is 31.4 Å². The van der Waals surface area contributed by atoms with Crippen molar-refractivity contribution < 1.29 is 23.9 Å². The Bertz CT molecular complexity index is 948. The van der Waals surface area contributed by atoms with E-state index in [0.29, 0.717) is 43.4 Å². The number of carbonyl (C=O) groups is 4. The van der Waals surface area contributed by atoms with E-state index in [2.05, 4.69) is 5.32 Å². The third-order valence-corrected chi connectivity index (χ3v) is 7.26. The Labute approximate surface area is 186 Å². The summed E-state index contributed by atoms with van der Waals surface area (Å²) in [5, 5.41) is 2.66. The molecule has 32 heavy (non-hydrogen) atoms. The summed E-state index contributed by atoms with van der Waals surface area (Å²) in [6.07, 6.45) is 3.54. The molecule has 1 N–H and O–H groups in total. The number of amides is 5. The number of nitrogens with one attached hydrogen (secondary N) is 1. The monoisotopic (exact) mass is 440 g/mol. The lowest BCUT2D eigenvalue weighted by atomic mass is 9.76. The van der Waals surface area contributed by atoms with Gasteiger partial charge in [-0.25, -0.2) is 9.69 Å². The van der Waals surface area contributed by atoms with Crippen molar-refractivity contribution >= 4 is 29.4 Å². The highest BCUT2D eigenvalue weighted by atomic mass is 16.5. The molecule has 4 heterocycles. The highest BCUT2D eigenvalue weighted by molar-refractivity contribution is 6.22. The van der Waals surface area contributed by atoms with Crippen LogP contribution in [-0.4, -0.2) is 72.4 Å². The van der Waals surface area contributed by atoms with E-state index in [1.165, 1.54) is 0 Å². The van der Waals surface area contributed by atoms with Gasteiger partial charge in [-0.1, -0.05) is 0 Å². The Hall–Kier alpha value is -3.10. The normalized spacial score (nSPS) is 29.7. The fourth-order valence-electron chi connectivity index (χ4n) is 5.76. The molecule has 4 saturated heterocycles. The predicted molar refractivity (Wildman–Crippen MR) is 115 cm³/mol. The first-order chi connectivity index (χ1) is 15.4. The first-order valence-corrected chi connectivity index (χ1v) is 11.3. The highest BCUT2D eigenvalue weighted by Crippen LogP contribution is 2.38. The smallest absolute Gasteiger partial charge is 0.329 e. The molecule has 170 valence electrons. The summed E-state index contributed by atoms with van der Waals surface area (Å²) in [4.78, 5) is 55.7. The number of likely N-dealkylation sites (tertiary alicyclic amines) is 1. The van der Waals surface area contributed by atoms with Crippen molar-refractivity contribution in [3.63, 3.8) is 0 Å². The third kappa shape index (κ3) is 3.59. The molecule has 1 aromatic rings. The highest BCUT2D eigenvalue weighted by Gasteiger charge is 2.46. The van der Waals surface area contributed by atoms with E-state index < -0.39 is 18.0 Å². The minimum Gasteiger partial charge on any atom is -0.497 e. The second-order valence-electron chi connectivity index (χ2n) is 9.24. The number of hydrogen-bond donors (Lipinski definition) is 1. The maximum atomic E-state index is 13.1. The number of hydrogen-bond acceptors (Lipinski definition) is 5. The molecule has 0 aromatic heterocycles. The molecule has 5 rings (SSSR count). The Balaban J connectivity index is 1.24. The van der Waals surface area contributed by atoms with Crippen molar-refractivity contribution in [2.24, 2.45) is 11.8 Å². The van der Waals surface area contributed by atoms with Gasteiger partial charge in [-0.15, -0.1) is 0 Å². The molecular weight excluding hydrogens is 412 g/mol. The van der Waals surface area contributed by atoms with Gasteiger partial charge in [0.25, 0.3) is 5.91 Å². The van der Waals surface area contributed by atoms with E-state index in [0.717, 1.165) is 24.2 Å². The third-order valence-electron chi connectivity index (χ3n) is 7.26. The zero-order valence-corrected chi connectivity index (χ0v) is 18.2. The Kier molecular flexibility index (Phi) is 5.27. The SMILES string of the molecule is COc1ccc(N2C(=O)NC(CC(=O)N3C[C@H]4C[C@@H](C3)C3CCCC(=O)N3C4)C2=O)cc1. The van der Waals surface area contributed by atoms with E-state index in [4.69, 9.17) is 4.74 Å². The minimum absolute atomic E-state index is 0.0516. The quantitative estimate of drug-likeness (QED) is 0.713. The van der Waals surface area contributed by atoms with Gasteiger partial charge in [0.15, 0.2) is 0 Å². The molecule has 4 fully saturated rings. The number of fused-ring (bicyclic) bond motifs is 4. The standard InChI is InChI=1S/C23H28N4O5/c1-32-17-7-5-16(6-8-17)27-22(30)18(24-23(27)31)10-21(29)25-11-14-9-15(13-25)19-3-2-4-20(28)26(19)12-14/h5-8,14-15,18-19H,2-4,9-13H2,1H3,(H,24,31)/t14-,15+,18?,19?/m1/s1. The van der Waals surface area contributed by atoms with Gasteiger partial charge in [-0.05, 0) is 55.4 Å². The van der Waals surface area contributed by atoms with Crippen LogP contribution in [-0.2, 0) is 14.4 Å². The summed E-state index contributed by atoms with van der Waals surface area (Å²) < 4.78 is 5.12. The molecule has 9 nitrogen and oxygen atoms in total. The number of imide groups is 1. The topological polar surface area (TPSA) is 99.3 Å². The molecule has 0 radical (unpaired) electrons. The molecule has 0 saturated carbocycles. The van der Waals surface area contributed by atoms with E-state index in [-0.39, 0.29) is 30.2 Å². The largest absolute Gasteiger partial charge is 0.497 e. The van der Waals surface area contributed by atoms with Gasteiger partial charge in [0, 0.05) is 32.1 Å². The molecule has 0 aliphatic carbocycles. The van der Waals surface area contributed by atoms with Crippen LogP contribution in [0.4, 0.5) is 10.5 Å². The first kappa shape index (κ1) is 20.8. The number of rotatable bonds is 4. The van der Waals surface area contributed by atoms with Gasteiger partial charge in [-0.3, -0.25) is 14.4 Å². The van der Waals surface area contributed by atoms with Gasteiger partial charge in [-0.2, -0.15) is 0 Å². The maximum Gasteiger partial charge on any atom is 0.329 e. The van der Waals surface area contributed by atoms with Gasteiger partial charge < -0.3 is 19.9 Å². The summed E-state index contributed by atoms with van der Waals surface area (Å²) in [5.41, 5.74) is 0.442. The van der Waals surface area contributed by atoms with Crippen molar-refractivity contribution in [2.75, 3.05) is 31.6 Å². The van der Waals surface area contributed by atoms with Crippen LogP contribution in [0, 0.1) is 11.8 Å². The Morgan fingerprint density at radius 3 is 2.66 bits per heavy atom. The molecule has 1 aromatic carbocycles. The Morgan fingerprint density at radius 1 is 1.12 bits per heavy atom. The van der Waals surface area contributed by atoms with Crippen LogP contribution >= 0.6 is 0 Å². The van der Waals surface area contributed by atoms with Crippen molar-refractivity contribution in [3.8, 4) is 5.75 Å². The van der Waals surface area contributed by atoms with Gasteiger partial charge >= 0.3 is 6.03 Å². The number of piperidine rings is 3. The molecule has 9 heteroatoms. The lowest BCUT2D eigenvalue weighted by Gasteiger charge is -2.52. The van der Waals surface area contributed by atoms with Crippen LogP contribution in [0.25, 0.3) is 0 Å². The first-order valence-electron chi connectivity index (χ1n) is 11.3. The van der Waals surface area contributed by atoms with Gasteiger partial charge in [0.2, 0.25) is 11.8 Å². The maximum absolute atomic E-state index is 13.1. The van der Waals surface area contributed by atoms with Crippen LogP contribution < -0.4 is 15.0 Å². The van der Waals surface area contributed by atoms with Crippen molar-refractivity contribution in [1.29, 1.82) is 0 Å². The molecule has 4 aliphatic heterocycles. The van der Waals surface area contributed by atoms with Crippen LogP contribution in [0.15, 0.2) is 24.3 Å². The molecule has 5 amide bonds. The van der Waals surface area contributed by atoms with Crippen LogP contribution in [0.3, 0.4) is 0 Å². The van der Waals surface area contributed by atoms with Crippen LogP contribution in [0.5, 0.6) is 5.75 Å². The van der Waals surface area contributed by atoms with Crippen molar-refractivity contribution in [3.05, 3.63) is 24.3 Å². The Morgan fingerprint density at radius 2 is 1.91 bits per heavy atom. The average Bonchev–Trinajstić information content (AvgIpc) is 3.07. The molecule has 2 bridgehead atoms. The molecule has 4 atom stereocenters. The predicted octanol–water partition coefficient (Wildman–Crippen LogP) is 1.37. The molecular formula is C23H28N4O5. The molecule has 2 unspecified atom stereocenters. The lowest BCUT2D eigenvalue weighted by Crippen LogP contribution is -2.61. The number of anilines is 1. The minimum atomic E-state index is -0.869. The van der Waals surface area contributed by atoms with E-state index >= 15 is 0 Å². The number of methoxy groups -OCH3 is 1. The summed E-state index contributed by atoms with van der Waals surface area (Å²) in [7, 11) is 1.54. The number of ether oxygens (including phenoxy) is 1. The van der Waals surface area contributed by atoms with Crippen molar-refractivity contribution in [2.45, 2.75) is 44.2 Å².